The van der Waals surface area contributed by atoms with Gasteiger partial charge in [0.1, 0.15) is 0 Å². The van der Waals surface area contributed by atoms with Crippen LogP contribution in [0.25, 0.3) is 0 Å². The number of carbonyl (C=O) groups excluding carboxylic acids is 1. The Morgan fingerprint density at radius 3 is 2.67 bits per heavy atom. The minimum atomic E-state index is -0.290. The quantitative estimate of drug-likeness (QED) is 0.920. The normalized spacial score (nSPS) is 27.7. The smallest absolute Gasteiger partial charge is 0.226 e. The van der Waals surface area contributed by atoms with Gasteiger partial charge in [0.05, 0.1) is 6.10 Å². The lowest BCUT2D eigenvalue weighted by Gasteiger charge is -2.35. The summed E-state index contributed by atoms with van der Waals surface area (Å²) >= 11 is 1.83. The number of aliphatic hydroxyl groups excluding tert-OH is 1. The summed E-state index contributed by atoms with van der Waals surface area (Å²) in [5, 5.41) is 9.42. The maximum absolute atomic E-state index is 12.5. The molecule has 2 fully saturated rings. The van der Waals surface area contributed by atoms with Gasteiger partial charge in [-0.05, 0) is 32.4 Å². The van der Waals surface area contributed by atoms with Crippen LogP contribution in [-0.4, -0.2) is 59.6 Å². The molecule has 2 heterocycles. The van der Waals surface area contributed by atoms with Crippen molar-refractivity contribution in [1.29, 1.82) is 0 Å². The van der Waals surface area contributed by atoms with Crippen molar-refractivity contribution >= 4 is 17.2 Å². The van der Waals surface area contributed by atoms with E-state index in [9.17, 15) is 9.90 Å². The Kier molecular flexibility index (Phi) is 4.33. The number of aliphatic hydroxyl groups is 1. The highest BCUT2D eigenvalue weighted by Crippen LogP contribution is 2.50. The van der Waals surface area contributed by atoms with Crippen LogP contribution in [0.1, 0.15) is 29.0 Å². The summed E-state index contributed by atoms with van der Waals surface area (Å²) in [5.41, 5.74) is 0. The van der Waals surface area contributed by atoms with Crippen molar-refractivity contribution in [3.8, 4) is 0 Å². The third kappa shape index (κ3) is 3.47. The average molecular weight is 308 g/mol. The second-order valence-corrected chi connectivity index (χ2v) is 7.69. The molecule has 116 valence electrons. The number of aryl methyl sites for hydroxylation is 1. The third-order valence-corrected chi connectivity index (χ3v) is 5.57. The Morgan fingerprint density at radius 2 is 2.10 bits per heavy atom. The van der Waals surface area contributed by atoms with Gasteiger partial charge in [0, 0.05) is 54.3 Å². The molecule has 3 rings (SSSR count). The molecule has 0 aromatic carbocycles. The van der Waals surface area contributed by atoms with E-state index in [0.717, 1.165) is 32.6 Å². The summed E-state index contributed by atoms with van der Waals surface area (Å²) in [6.07, 6.45) is 0.731. The Bertz CT molecular complexity index is 506. The maximum atomic E-state index is 12.5. The van der Waals surface area contributed by atoms with Crippen LogP contribution in [0.3, 0.4) is 0 Å². The maximum Gasteiger partial charge on any atom is 0.226 e. The first-order valence-electron chi connectivity index (χ1n) is 7.80. The molecule has 1 amide bonds. The Morgan fingerprint density at radius 1 is 1.38 bits per heavy atom. The minimum Gasteiger partial charge on any atom is -0.392 e. The Labute approximate surface area is 130 Å². The lowest BCUT2D eigenvalue weighted by Crippen LogP contribution is -2.50. The van der Waals surface area contributed by atoms with E-state index in [2.05, 4.69) is 24.0 Å². The van der Waals surface area contributed by atoms with Crippen molar-refractivity contribution in [2.45, 2.75) is 32.3 Å². The SMILES string of the molecule is Cc1ccc([C@@H]2C[C@@H]2C(=O)N2CCN(C[C@@H](C)O)CC2)s1. The van der Waals surface area contributed by atoms with Gasteiger partial charge in [-0.1, -0.05) is 0 Å². The molecule has 0 bridgehead atoms. The monoisotopic (exact) mass is 308 g/mol. The van der Waals surface area contributed by atoms with Crippen LogP contribution < -0.4 is 0 Å². The van der Waals surface area contributed by atoms with E-state index in [1.165, 1.54) is 9.75 Å². The molecule has 2 aliphatic rings. The molecule has 1 aromatic heterocycles. The number of rotatable bonds is 4. The fraction of sp³-hybridized carbons (Fsp3) is 0.688. The predicted octanol–water partition coefficient (Wildman–Crippen LogP) is 1.69. The first kappa shape index (κ1) is 15.0. The van der Waals surface area contributed by atoms with Crippen molar-refractivity contribution in [2.24, 2.45) is 5.92 Å². The molecule has 0 unspecified atom stereocenters. The fourth-order valence-corrected chi connectivity index (χ4v) is 4.25. The second kappa shape index (κ2) is 6.07. The molecular formula is C16H24N2O2S. The van der Waals surface area contributed by atoms with E-state index < -0.39 is 0 Å². The highest BCUT2D eigenvalue weighted by molar-refractivity contribution is 7.12. The molecule has 1 aromatic rings. The molecule has 1 aliphatic heterocycles. The molecule has 5 heteroatoms. The average Bonchev–Trinajstić information content (AvgIpc) is 3.13. The van der Waals surface area contributed by atoms with Gasteiger partial charge in [-0.15, -0.1) is 11.3 Å². The summed E-state index contributed by atoms with van der Waals surface area (Å²) in [6, 6.07) is 4.33. The predicted molar refractivity (Wildman–Crippen MR) is 84.6 cm³/mol. The third-order valence-electron chi connectivity index (χ3n) is 4.44. The van der Waals surface area contributed by atoms with E-state index >= 15 is 0 Å². The first-order chi connectivity index (χ1) is 10.0. The highest BCUT2D eigenvalue weighted by atomic mass is 32.1. The first-order valence-corrected chi connectivity index (χ1v) is 8.62. The van der Waals surface area contributed by atoms with Gasteiger partial charge in [-0.3, -0.25) is 9.69 Å². The zero-order valence-electron chi connectivity index (χ0n) is 12.8. The van der Waals surface area contributed by atoms with Crippen molar-refractivity contribution in [3.63, 3.8) is 0 Å². The van der Waals surface area contributed by atoms with E-state index in [4.69, 9.17) is 0 Å². The van der Waals surface area contributed by atoms with Crippen LogP contribution in [0.5, 0.6) is 0 Å². The van der Waals surface area contributed by atoms with E-state index in [1.807, 2.05) is 23.2 Å². The lowest BCUT2D eigenvalue weighted by molar-refractivity contribution is -0.134. The number of nitrogens with zero attached hydrogens (tertiary/aromatic N) is 2. The van der Waals surface area contributed by atoms with Crippen molar-refractivity contribution < 1.29 is 9.90 Å². The number of piperazine rings is 1. The molecule has 4 nitrogen and oxygen atoms in total. The Balaban J connectivity index is 1.49. The standard InChI is InChI=1S/C16H24N2O2S/c1-11(19)10-17-5-7-18(8-6-17)16(20)14-9-13(14)15-4-3-12(2)21-15/h3-4,11,13-14,19H,5-10H2,1-2H3/t11-,13-,14+/m1/s1. The van der Waals surface area contributed by atoms with Gasteiger partial charge in [0.15, 0.2) is 0 Å². The Hall–Kier alpha value is -0.910. The van der Waals surface area contributed by atoms with Crippen LogP contribution in [0.2, 0.25) is 0 Å². The largest absolute Gasteiger partial charge is 0.392 e. The van der Waals surface area contributed by atoms with E-state index in [0.29, 0.717) is 18.4 Å². The fourth-order valence-electron chi connectivity index (χ4n) is 3.19. The van der Waals surface area contributed by atoms with Crippen molar-refractivity contribution in [1.82, 2.24) is 9.80 Å². The molecule has 3 atom stereocenters. The minimum absolute atomic E-state index is 0.214. The van der Waals surface area contributed by atoms with Crippen LogP contribution >= 0.6 is 11.3 Å². The van der Waals surface area contributed by atoms with E-state index in [-0.39, 0.29) is 12.0 Å². The van der Waals surface area contributed by atoms with E-state index in [1.54, 1.807) is 0 Å². The molecule has 21 heavy (non-hydrogen) atoms. The number of β-amino-alcohol motifs (C(OH)–C–C–N with tert-alkyl or cyclic N) is 1. The number of hydrogen-bond donors (Lipinski definition) is 1. The summed E-state index contributed by atoms with van der Waals surface area (Å²) in [7, 11) is 0. The molecule has 1 saturated carbocycles. The molecule has 1 N–H and O–H groups in total. The van der Waals surface area contributed by atoms with Gasteiger partial charge in [0.25, 0.3) is 0 Å². The van der Waals surface area contributed by atoms with Crippen LogP contribution in [-0.2, 0) is 4.79 Å². The van der Waals surface area contributed by atoms with Crippen LogP contribution in [0.4, 0.5) is 0 Å². The molecule has 0 radical (unpaired) electrons. The van der Waals surface area contributed by atoms with Gasteiger partial charge < -0.3 is 10.0 Å². The van der Waals surface area contributed by atoms with Gasteiger partial charge in [-0.25, -0.2) is 0 Å². The van der Waals surface area contributed by atoms with Gasteiger partial charge >= 0.3 is 0 Å². The number of carbonyl (C=O) groups is 1. The van der Waals surface area contributed by atoms with Crippen LogP contribution in [0, 0.1) is 12.8 Å². The van der Waals surface area contributed by atoms with Gasteiger partial charge in [-0.2, -0.15) is 0 Å². The van der Waals surface area contributed by atoms with Crippen LogP contribution in [0.15, 0.2) is 12.1 Å². The zero-order chi connectivity index (χ0) is 15.0. The number of hydrogen-bond acceptors (Lipinski definition) is 4. The van der Waals surface area contributed by atoms with Gasteiger partial charge in [0.2, 0.25) is 5.91 Å². The topological polar surface area (TPSA) is 43.8 Å². The second-order valence-electron chi connectivity index (χ2n) is 6.37. The summed E-state index contributed by atoms with van der Waals surface area (Å²) < 4.78 is 0. The molecule has 1 saturated heterocycles. The summed E-state index contributed by atoms with van der Waals surface area (Å²) in [4.78, 5) is 19.5. The van der Waals surface area contributed by atoms with Crippen molar-refractivity contribution in [2.75, 3.05) is 32.7 Å². The lowest BCUT2D eigenvalue weighted by atomic mass is 10.2. The zero-order valence-corrected chi connectivity index (χ0v) is 13.6. The molecule has 0 spiro atoms. The summed E-state index contributed by atoms with van der Waals surface area (Å²) in [6.45, 7) is 8.02. The van der Waals surface area contributed by atoms with Crippen molar-refractivity contribution in [3.05, 3.63) is 21.9 Å². The number of amides is 1. The summed E-state index contributed by atoms with van der Waals surface area (Å²) in [5.74, 6) is 1.01. The number of thiophene rings is 1. The molecule has 1 aliphatic carbocycles. The molecular weight excluding hydrogens is 284 g/mol. The highest BCUT2D eigenvalue weighted by Gasteiger charge is 2.46.